The summed E-state index contributed by atoms with van der Waals surface area (Å²) < 4.78 is 0. The van der Waals surface area contributed by atoms with Crippen LogP contribution < -0.4 is 0 Å². The van der Waals surface area contributed by atoms with Gasteiger partial charge in [-0.25, -0.2) is 12.1 Å². The Balaban J connectivity index is 0.000000454. The zero-order valence-electron chi connectivity index (χ0n) is 13.0. The minimum Gasteiger partial charge on any atom is -0.748 e. The summed E-state index contributed by atoms with van der Waals surface area (Å²) in [6, 6.07) is 16.7. The molecule has 0 aliphatic rings. The van der Waals surface area contributed by atoms with Gasteiger partial charge in [-0.15, -0.1) is 5.56 Å². The summed E-state index contributed by atoms with van der Waals surface area (Å²) in [7, 11) is 0. The summed E-state index contributed by atoms with van der Waals surface area (Å²) in [6.45, 7) is 13.7. The molecule has 0 atom stereocenters. The Kier molecular flexibility index (Phi) is 6.83. The van der Waals surface area contributed by atoms with Crippen LogP contribution >= 0.6 is 0 Å². The van der Waals surface area contributed by atoms with E-state index in [-0.39, 0.29) is 27.9 Å². The van der Waals surface area contributed by atoms with Crippen LogP contribution in [0.1, 0.15) is 52.7 Å². The van der Waals surface area contributed by atoms with E-state index in [0.717, 1.165) is 0 Å². The molecule has 0 saturated heterocycles. The van der Waals surface area contributed by atoms with E-state index in [4.69, 9.17) is 0 Å². The number of rotatable bonds is 0. The molecule has 0 saturated carbocycles. The molecule has 0 fully saturated rings. The molecule has 0 aliphatic heterocycles. The molecule has 0 amide bonds. The average Bonchev–Trinajstić information content (AvgIpc) is 2.91. The largest absolute Gasteiger partial charge is 0.748 e. The predicted molar refractivity (Wildman–Crippen MR) is 81.5 cm³/mol. The molecule has 19 heavy (non-hydrogen) atoms. The number of hydrogen-bond donors (Lipinski definition) is 0. The van der Waals surface area contributed by atoms with Crippen LogP contribution in [0.15, 0.2) is 48.5 Å². The van der Waals surface area contributed by atoms with Crippen LogP contribution in [0.3, 0.4) is 0 Å². The summed E-state index contributed by atoms with van der Waals surface area (Å²) >= 11 is 0. The molecule has 0 heterocycles. The van der Waals surface area contributed by atoms with Crippen molar-refractivity contribution in [1.29, 1.82) is 0 Å². The summed E-state index contributed by atoms with van der Waals surface area (Å²) in [6.07, 6.45) is 0. The fraction of sp³-hybridized carbons (Fsp3) is 0.444. The fourth-order valence-corrected chi connectivity index (χ4v) is 2.05. The molecule has 2 rings (SSSR count). The van der Waals surface area contributed by atoms with Crippen molar-refractivity contribution < 1.29 is 17.1 Å². The molecular weight excluding hydrogens is 272 g/mol. The average molecular weight is 298 g/mol. The Morgan fingerprint density at radius 1 is 0.842 bits per heavy atom. The van der Waals surface area contributed by atoms with Gasteiger partial charge in [-0.05, 0) is 5.41 Å². The van der Waals surface area contributed by atoms with Crippen LogP contribution in [-0.2, 0) is 27.9 Å². The molecule has 1 heteroatoms. The first-order valence-electron chi connectivity index (χ1n) is 6.66. The Labute approximate surface area is 129 Å². The van der Waals surface area contributed by atoms with Gasteiger partial charge in [-0.3, -0.25) is 0 Å². The molecule has 0 aromatic heterocycles. The van der Waals surface area contributed by atoms with Gasteiger partial charge < -0.3 is 30.3 Å². The van der Waals surface area contributed by atoms with E-state index in [1.54, 1.807) is 0 Å². The van der Waals surface area contributed by atoms with Gasteiger partial charge in [0.1, 0.15) is 0 Å². The minimum absolute atomic E-state index is 0. The first kappa shape index (κ1) is 18.2. The third-order valence-electron chi connectivity index (χ3n) is 2.99. The first-order chi connectivity index (χ1) is 8.23. The molecule has 0 spiro atoms. The van der Waals surface area contributed by atoms with Crippen LogP contribution in [0.4, 0.5) is 0 Å². The molecule has 0 radical (unpaired) electrons. The second-order valence-electron chi connectivity index (χ2n) is 6.82. The van der Waals surface area contributed by atoms with Gasteiger partial charge in [0.15, 0.2) is 0 Å². The van der Waals surface area contributed by atoms with Crippen LogP contribution in [0.2, 0.25) is 0 Å². The van der Waals surface area contributed by atoms with Gasteiger partial charge in [-0.2, -0.15) is 11.6 Å². The Bertz CT molecular complexity index is 387. The van der Waals surface area contributed by atoms with E-state index in [0.29, 0.717) is 0 Å². The maximum atomic E-state index is 2.28. The summed E-state index contributed by atoms with van der Waals surface area (Å²) in [5.74, 6) is 0. The molecule has 0 unspecified atom stereocenters. The topological polar surface area (TPSA) is 0 Å². The third-order valence-corrected chi connectivity index (χ3v) is 2.99. The maximum Gasteiger partial charge on any atom is 0 e. The van der Waals surface area contributed by atoms with Crippen molar-refractivity contribution in [2.24, 2.45) is 0 Å². The van der Waals surface area contributed by atoms with Crippen molar-refractivity contribution in [3.8, 4) is 0 Å². The third kappa shape index (κ3) is 5.80. The second-order valence-corrected chi connectivity index (χ2v) is 6.82. The van der Waals surface area contributed by atoms with Gasteiger partial charge >= 0.3 is 0 Å². The molecule has 0 N–H and O–H groups in total. The van der Waals surface area contributed by atoms with E-state index in [1.165, 1.54) is 11.1 Å². The normalized spacial score (nSPS) is 11.3. The number of hydrogen-bond acceptors (Lipinski definition) is 0. The standard InChI is InChI=1S/C13H21.C5H5.Fe/c1-12(2,3)10-8-7-9-11(10)13(4,5)6;1-2-4-5-3-1;/h7-9H,1-6H3;1-5H;/q-1;-5;. The quantitative estimate of drug-likeness (QED) is 0.451. The smallest absolute Gasteiger partial charge is 0 e. The van der Waals surface area contributed by atoms with E-state index < -0.39 is 0 Å². The van der Waals surface area contributed by atoms with E-state index >= 15 is 0 Å². The van der Waals surface area contributed by atoms with Crippen molar-refractivity contribution >= 4 is 0 Å². The zero-order valence-corrected chi connectivity index (χ0v) is 14.1. The van der Waals surface area contributed by atoms with E-state index in [9.17, 15) is 0 Å². The molecule has 0 aliphatic carbocycles. The van der Waals surface area contributed by atoms with Gasteiger partial charge in [0.2, 0.25) is 0 Å². The summed E-state index contributed by atoms with van der Waals surface area (Å²) in [4.78, 5) is 0. The molecule has 0 nitrogen and oxygen atoms in total. The zero-order chi connectivity index (χ0) is 13.8. The minimum atomic E-state index is 0. The van der Waals surface area contributed by atoms with Crippen LogP contribution in [0, 0.1) is 0 Å². The van der Waals surface area contributed by atoms with Crippen molar-refractivity contribution in [3.63, 3.8) is 0 Å². The predicted octanol–water partition coefficient (Wildman–Crippen LogP) is 5.40. The molecule has 112 valence electrons. The SMILES string of the molecule is CC(C)(C)c1ccc[c-]1C(C)(C)C.[Fe].[cH-]1[cH-][cH-][cH-][cH-]1. The Hall–Kier alpha value is -0.781. The molecule has 2 aromatic carbocycles. The van der Waals surface area contributed by atoms with Crippen LogP contribution in [0.5, 0.6) is 0 Å². The summed E-state index contributed by atoms with van der Waals surface area (Å²) in [5, 5.41) is 0. The van der Waals surface area contributed by atoms with E-state index in [1.807, 2.05) is 30.3 Å². The monoisotopic (exact) mass is 298 g/mol. The van der Waals surface area contributed by atoms with Crippen LogP contribution in [0.25, 0.3) is 0 Å². The van der Waals surface area contributed by atoms with E-state index in [2.05, 4.69) is 59.7 Å². The molecule has 0 bridgehead atoms. The Morgan fingerprint density at radius 2 is 1.26 bits per heavy atom. The van der Waals surface area contributed by atoms with Gasteiger partial charge in [-0.1, -0.05) is 47.0 Å². The summed E-state index contributed by atoms with van der Waals surface area (Å²) in [5.41, 5.74) is 3.51. The van der Waals surface area contributed by atoms with Crippen molar-refractivity contribution in [2.45, 2.75) is 52.4 Å². The van der Waals surface area contributed by atoms with Gasteiger partial charge in [0, 0.05) is 17.1 Å². The Morgan fingerprint density at radius 3 is 1.53 bits per heavy atom. The van der Waals surface area contributed by atoms with Crippen molar-refractivity contribution in [3.05, 3.63) is 59.7 Å². The molecular formula is C18H26Fe-6. The first-order valence-corrected chi connectivity index (χ1v) is 6.66. The second kappa shape index (κ2) is 7.12. The van der Waals surface area contributed by atoms with Gasteiger partial charge in [0.25, 0.3) is 0 Å². The fourth-order valence-electron chi connectivity index (χ4n) is 2.05. The van der Waals surface area contributed by atoms with Gasteiger partial charge in [0.05, 0.1) is 0 Å². The van der Waals surface area contributed by atoms with Crippen LogP contribution in [-0.4, -0.2) is 0 Å². The van der Waals surface area contributed by atoms with Crippen molar-refractivity contribution in [1.82, 2.24) is 0 Å². The van der Waals surface area contributed by atoms with Crippen molar-refractivity contribution in [2.75, 3.05) is 0 Å². The maximum absolute atomic E-state index is 2.28. The molecule has 2 aromatic rings.